The molecule has 0 aliphatic rings. The Morgan fingerprint density at radius 3 is 2.16 bits per heavy atom. The van der Waals surface area contributed by atoms with Crippen LogP contribution in [-0.2, 0) is 22.5 Å². The van der Waals surface area contributed by atoms with Crippen LogP contribution in [0.15, 0.2) is 100 Å². The molecule has 0 fully saturated rings. The molecule has 2 heterocycles. The molecule has 0 spiro atoms. The van der Waals surface area contributed by atoms with Gasteiger partial charge >= 0.3 is 0 Å². The number of aromatic nitrogens is 2. The second-order valence-electron chi connectivity index (χ2n) is 10.1. The summed E-state index contributed by atoms with van der Waals surface area (Å²) in [5, 5.41) is 3.40. The highest BCUT2D eigenvalue weighted by atomic mass is 79.9. The van der Waals surface area contributed by atoms with Crippen molar-refractivity contribution in [3.63, 3.8) is 0 Å². The van der Waals surface area contributed by atoms with E-state index in [-0.39, 0.29) is 11.6 Å². The van der Waals surface area contributed by atoms with E-state index >= 15 is 0 Å². The van der Waals surface area contributed by atoms with Crippen molar-refractivity contribution in [2.45, 2.75) is 39.1 Å². The number of hydrogen-bond donors (Lipinski definition) is 0. The number of benzene rings is 3. The third-order valence-electron chi connectivity index (χ3n) is 6.77. The third kappa shape index (κ3) is 4.73. The van der Waals surface area contributed by atoms with Crippen molar-refractivity contribution in [2.75, 3.05) is 7.11 Å². The van der Waals surface area contributed by atoms with Gasteiger partial charge in [-0.2, -0.15) is 0 Å². The molecule has 0 aliphatic heterocycles. The Balaban J connectivity index is 1.53. The zero-order valence-electron chi connectivity index (χ0n) is 21.6. The van der Waals surface area contributed by atoms with E-state index in [9.17, 15) is 0 Å². The molecule has 3 aromatic carbocycles. The van der Waals surface area contributed by atoms with Crippen LogP contribution in [0.5, 0.6) is 0 Å². The Morgan fingerprint density at radius 2 is 1.57 bits per heavy atom. The van der Waals surface area contributed by atoms with Crippen molar-refractivity contribution in [3.05, 3.63) is 102 Å². The molecule has 7 heteroatoms. The summed E-state index contributed by atoms with van der Waals surface area (Å²) in [5.74, 6) is 1.26. The molecule has 5 rings (SSSR count). The number of methoxy groups -OCH3 is 1. The average Bonchev–Trinajstić information content (AvgIpc) is 3.51. The summed E-state index contributed by atoms with van der Waals surface area (Å²) in [5.41, 5.74) is 2.02. The highest BCUT2D eigenvalue weighted by molar-refractivity contribution is 9.10. The zero-order valence-corrected chi connectivity index (χ0v) is 24.2. The van der Waals surface area contributed by atoms with Crippen LogP contribution >= 0.6 is 15.9 Å². The highest BCUT2D eigenvalue weighted by Gasteiger charge is 2.50. The lowest BCUT2D eigenvalue weighted by atomic mass is 10.1. The first kappa shape index (κ1) is 25.7. The molecule has 0 unspecified atom stereocenters. The average molecular weight is 576 g/mol. The molecule has 0 bridgehead atoms. The number of oxazole rings is 1. The van der Waals surface area contributed by atoms with Gasteiger partial charge in [-0.15, -0.1) is 0 Å². The minimum atomic E-state index is -2.69. The van der Waals surface area contributed by atoms with Crippen molar-refractivity contribution in [1.82, 2.24) is 9.55 Å². The summed E-state index contributed by atoms with van der Waals surface area (Å²) in [6, 6.07) is 27.3. The van der Waals surface area contributed by atoms with Gasteiger partial charge in [0.1, 0.15) is 13.3 Å². The predicted molar refractivity (Wildman–Crippen MR) is 155 cm³/mol. The Hall–Kier alpha value is -2.97. The molecular weight excluding hydrogens is 544 g/mol. The van der Waals surface area contributed by atoms with Gasteiger partial charge in [0, 0.05) is 28.7 Å². The Labute approximate surface area is 227 Å². The van der Waals surface area contributed by atoms with Crippen LogP contribution in [0.25, 0.3) is 22.2 Å². The lowest BCUT2D eigenvalue weighted by Gasteiger charge is -2.42. The van der Waals surface area contributed by atoms with Crippen LogP contribution in [0.3, 0.4) is 0 Å². The maximum atomic E-state index is 7.00. The van der Waals surface area contributed by atoms with Gasteiger partial charge in [-0.1, -0.05) is 103 Å². The fourth-order valence-corrected chi connectivity index (χ4v) is 10.2. The first-order chi connectivity index (χ1) is 17.8. The van der Waals surface area contributed by atoms with E-state index in [1.165, 1.54) is 10.4 Å². The van der Waals surface area contributed by atoms with Crippen LogP contribution in [0.4, 0.5) is 0 Å². The topological polar surface area (TPSA) is 49.4 Å². The van der Waals surface area contributed by atoms with Crippen LogP contribution in [0, 0.1) is 0 Å². The van der Waals surface area contributed by atoms with Gasteiger partial charge in [-0.3, -0.25) is 0 Å². The molecule has 37 heavy (non-hydrogen) atoms. The quantitative estimate of drug-likeness (QED) is 0.192. The minimum Gasteiger partial charge on any atom is -0.438 e. The summed E-state index contributed by atoms with van der Waals surface area (Å²) >= 11 is 3.71. The first-order valence-electron chi connectivity index (χ1n) is 12.3. The van der Waals surface area contributed by atoms with E-state index in [1.54, 1.807) is 13.3 Å². The SMILES string of the molecule is COCn1cc(-c2cnc(CO[Si](c3ccccc3)(c3ccccc3)C(C)(C)C)o2)c2c(Br)cccc21. The standard InChI is InChI=1S/C30H31BrN2O3Si/c1-30(2,3)37(22-12-7-5-8-13-22,23-14-9-6-10-15-23)35-20-28-32-18-27(36-28)24-19-33(21-34-4)26-17-11-16-25(31)29(24)26/h5-19H,20-21H2,1-4H3. The van der Waals surface area contributed by atoms with E-state index in [0.29, 0.717) is 18.4 Å². The highest BCUT2D eigenvalue weighted by Crippen LogP contribution is 2.38. The smallest absolute Gasteiger partial charge is 0.261 e. The molecule has 0 aliphatic carbocycles. The van der Waals surface area contributed by atoms with Crippen LogP contribution in [-0.4, -0.2) is 25.0 Å². The van der Waals surface area contributed by atoms with E-state index < -0.39 is 8.32 Å². The second kappa shape index (κ2) is 10.4. The summed E-state index contributed by atoms with van der Waals surface area (Å²) in [6.45, 7) is 7.53. The Bertz CT molecular complexity index is 1450. The molecule has 5 aromatic rings. The summed E-state index contributed by atoms with van der Waals surface area (Å²) in [4.78, 5) is 4.63. The van der Waals surface area contributed by atoms with Crippen LogP contribution in [0.1, 0.15) is 26.7 Å². The molecule has 0 radical (unpaired) electrons. The van der Waals surface area contributed by atoms with Gasteiger partial charge in [0.25, 0.3) is 8.32 Å². The lowest BCUT2D eigenvalue weighted by Crippen LogP contribution is -2.66. The lowest BCUT2D eigenvalue weighted by molar-refractivity contribution is 0.135. The fraction of sp³-hybridized carbons (Fsp3) is 0.233. The molecule has 2 aromatic heterocycles. The number of ether oxygens (including phenoxy) is 1. The van der Waals surface area contributed by atoms with E-state index in [0.717, 1.165) is 20.9 Å². The molecule has 0 saturated heterocycles. The number of fused-ring (bicyclic) bond motifs is 1. The monoisotopic (exact) mass is 574 g/mol. The number of nitrogens with zero attached hydrogens (tertiary/aromatic N) is 2. The molecule has 0 amide bonds. The molecule has 190 valence electrons. The minimum absolute atomic E-state index is 0.121. The van der Waals surface area contributed by atoms with E-state index in [2.05, 4.69) is 113 Å². The van der Waals surface area contributed by atoms with Crippen LogP contribution < -0.4 is 10.4 Å². The normalized spacial score (nSPS) is 12.4. The molecule has 0 atom stereocenters. The number of halogens is 1. The van der Waals surface area contributed by atoms with Gasteiger partial charge in [-0.05, 0) is 27.5 Å². The molecule has 5 nitrogen and oxygen atoms in total. The zero-order chi connectivity index (χ0) is 26.0. The summed E-state index contributed by atoms with van der Waals surface area (Å²) in [7, 11) is -0.997. The Kier molecular flexibility index (Phi) is 7.23. The number of rotatable bonds is 8. The predicted octanol–water partition coefficient (Wildman–Crippen LogP) is 6.74. The molecule has 0 N–H and O–H groups in total. The van der Waals surface area contributed by atoms with E-state index in [1.807, 2.05) is 18.3 Å². The summed E-state index contributed by atoms with van der Waals surface area (Å²) in [6.07, 6.45) is 3.83. The third-order valence-corrected chi connectivity index (χ3v) is 12.4. The maximum absolute atomic E-state index is 7.00. The van der Waals surface area contributed by atoms with Crippen molar-refractivity contribution in [3.8, 4) is 11.3 Å². The van der Waals surface area contributed by atoms with E-state index in [4.69, 9.17) is 13.6 Å². The summed E-state index contributed by atoms with van der Waals surface area (Å²) < 4.78 is 21.8. The van der Waals surface area contributed by atoms with Gasteiger partial charge in [0.15, 0.2) is 5.76 Å². The van der Waals surface area contributed by atoms with Crippen molar-refractivity contribution < 1.29 is 13.6 Å². The first-order valence-corrected chi connectivity index (χ1v) is 15.0. The van der Waals surface area contributed by atoms with Crippen molar-refractivity contribution in [2.24, 2.45) is 0 Å². The number of hydrogen-bond acceptors (Lipinski definition) is 4. The fourth-order valence-electron chi connectivity index (χ4n) is 5.17. The van der Waals surface area contributed by atoms with Gasteiger partial charge in [0.05, 0.1) is 11.7 Å². The van der Waals surface area contributed by atoms with Crippen molar-refractivity contribution >= 4 is 45.5 Å². The largest absolute Gasteiger partial charge is 0.438 e. The van der Waals surface area contributed by atoms with Gasteiger partial charge in [0.2, 0.25) is 5.89 Å². The van der Waals surface area contributed by atoms with Crippen LogP contribution in [0.2, 0.25) is 5.04 Å². The second-order valence-corrected chi connectivity index (χ2v) is 15.3. The van der Waals surface area contributed by atoms with Gasteiger partial charge < -0.3 is 18.1 Å². The maximum Gasteiger partial charge on any atom is 0.261 e. The van der Waals surface area contributed by atoms with Gasteiger partial charge in [-0.25, -0.2) is 4.98 Å². The Morgan fingerprint density at radius 1 is 0.919 bits per heavy atom. The van der Waals surface area contributed by atoms with Crippen molar-refractivity contribution in [1.29, 1.82) is 0 Å². The molecule has 0 saturated carbocycles. The molecular formula is C30H31BrN2O3Si.